The lowest BCUT2D eigenvalue weighted by atomic mass is 10.0. The molecule has 0 radical (unpaired) electrons. The van der Waals surface area contributed by atoms with Crippen molar-refractivity contribution in [2.75, 3.05) is 6.61 Å². The monoisotopic (exact) mass is 283 g/mol. The Balaban J connectivity index is 1.87. The van der Waals surface area contributed by atoms with E-state index in [0.29, 0.717) is 6.04 Å². The third-order valence-corrected chi connectivity index (χ3v) is 3.82. The van der Waals surface area contributed by atoms with Crippen molar-refractivity contribution in [1.29, 1.82) is 0 Å². The summed E-state index contributed by atoms with van der Waals surface area (Å²) in [4.78, 5) is 0. The van der Waals surface area contributed by atoms with Gasteiger partial charge in [-0.1, -0.05) is 60.2 Å². The number of hydrogen-bond donors (Lipinski definition) is 2. The molecule has 0 saturated heterocycles. The van der Waals surface area contributed by atoms with Crippen molar-refractivity contribution in [3.05, 3.63) is 71.3 Å². The second-order valence-electron chi connectivity index (χ2n) is 5.74. The third kappa shape index (κ3) is 5.00. The number of hydrogen-bond acceptors (Lipinski definition) is 2. The number of aliphatic hydroxyl groups excluding tert-OH is 1. The van der Waals surface area contributed by atoms with Gasteiger partial charge in [-0.25, -0.2) is 0 Å². The van der Waals surface area contributed by atoms with Gasteiger partial charge in [0.2, 0.25) is 0 Å². The van der Waals surface area contributed by atoms with Gasteiger partial charge >= 0.3 is 0 Å². The van der Waals surface area contributed by atoms with Crippen molar-refractivity contribution in [1.82, 2.24) is 5.32 Å². The number of aliphatic hydroxyl groups is 1. The van der Waals surface area contributed by atoms with Gasteiger partial charge in [-0.2, -0.15) is 0 Å². The summed E-state index contributed by atoms with van der Waals surface area (Å²) in [5, 5.41) is 13.1. The minimum absolute atomic E-state index is 0.0127. The Kier molecular flexibility index (Phi) is 5.97. The average molecular weight is 283 g/mol. The van der Waals surface area contributed by atoms with E-state index in [-0.39, 0.29) is 12.6 Å². The number of nitrogens with one attached hydrogen (secondary N) is 1. The highest BCUT2D eigenvalue weighted by atomic mass is 16.3. The highest BCUT2D eigenvalue weighted by Crippen LogP contribution is 2.14. The Morgan fingerprint density at radius 1 is 1.05 bits per heavy atom. The van der Waals surface area contributed by atoms with Gasteiger partial charge in [-0.3, -0.25) is 0 Å². The maximum Gasteiger partial charge on any atom is 0.0626 e. The van der Waals surface area contributed by atoms with Crippen molar-refractivity contribution < 1.29 is 5.11 Å². The summed E-state index contributed by atoms with van der Waals surface area (Å²) in [6.45, 7) is 4.43. The Morgan fingerprint density at radius 2 is 1.81 bits per heavy atom. The summed E-state index contributed by atoms with van der Waals surface area (Å²) in [7, 11) is 0. The van der Waals surface area contributed by atoms with Crippen molar-refractivity contribution in [2.24, 2.45) is 0 Å². The molecule has 0 fully saturated rings. The van der Waals surface area contributed by atoms with Gasteiger partial charge < -0.3 is 10.4 Å². The minimum Gasteiger partial charge on any atom is -0.394 e. The first-order valence-electron chi connectivity index (χ1n) is 7.66. The van der Waals surface area contributed by atoms with Gasteiger partial charge in [-0.05, 0) is 37.8 Å². The lowest BCUT2D eigenvalue weighted by Crippen LogP contribution is -2.33. The van der Waals surface area contributed by atoms with Gasteiger partial charge in [0, 0.05) is 6.04 Å². The van der Waals surface area contributed by atoms with Crippen LogP contribution in [0.2, 0.25) is 0 Å². The topological polar surface area (TPSA) is 32.3 Å². The molecule has 2 rings (SSSR count). The first-order valence-corrected chi connectivity index (χ1v) is 7.66. The predicted octanol–water partition coefficient (Wildman–Crippen LogP) is 3.64. The molecule has 2 aromatic carbocycles. The lowest BCUT2D eigenvalue weighted by Gasteiger charge is -2.22. The van der Waals surface area contributed by atoms with Crippen LogP contribution in [0, 0.1) is 6.92 Å². The van der Waals surface area contributed by atoms with Gasteiger partial charge in [0.05, 0.1) is 12.6 Å². The van der Waals surface area contributed by atoms with Crippen molar-refractivity contribution >= 4 is 0 Å². The third-order valence-electron chi connectivity index (χ3n) is 3.82. The van der Waals surface area contributed by atoms with E-state index in [1.165, 1.54) is 11.1 Å². The van der Waals surface area contributed by atoms with Crippen molar-refractivity contribution in [3.8, 4) is 0 Å². The second-order valence-corrected chi connectivity index (χ2v) is 5.74. The van der Waals surface area contributed by atoms with E-state index in [0.717, 1.165) is 18.4 Å². The molecule has 0 aliphatic heterocycles. The smallest absolute Gasteiger partial charge is 0.0626 e. The molecule has 21 heavy (non-hydrogen) atoms. The van der Waals surface area contributed by atoms with Crippen LogP contribution in [0.4, 0.5) is 0 Å². The fraction of sp³-hybridized carbons (Fsp3) is 0.368. The van der Waals surface area contributed by atoms with Crippen molar-refractivity contribution in [3.63, 3.8) is 0 Å². The minimum atomic E-state index is 0.0127. The summed E-state index contributed by atoms with van der Waals surface area (Å²) >= 11 is 0. The molecule has 0 heterocycles. The summed E-state index contributed by atoms with van der Waals surface area (Å²) in [6, 6.07) is 19.2. The average Bonchev–Trinajstić information content (AvgIpc) is 2.51. The molecule has 2 atom stereocenters. The zero-order valence-corrected chi connectivity index (χ0v) is 12.9. The largest absolute Gasteiger partial charge is 0.394 e. The molecule has 1 unspecified atom stereocenters. The normalized spacial score (nSPS) is 13.9. The van der Waals surface area contributed by atoms with Crippen LogP contribution in [0.5, 0.6) is 0 Å². The van der Waals surface area contributed by atoms with Gasteiger partial charge in [-0.15, -0.1) is 0 Å². The fourth-order valence-corrected chi connectivity index (χ4v) is 2.62. The van der Waals surface area contributed by atoms with E-state index in [2.05, 4.69) is 55.6 Å². The second kappa shape index (κ2) is 7.96. The van der Waals surface area contributed by atoms with Crippen LogP contribution in [-0.4, -0.2) is 17.8 Å². The molecule has 2 N–H and O–H groups in total. The van der Waals surface area contributed by atoms with Gasteiger partial charge in [0.15, 0.2) is 0 Å². The van der Waals surface area contributed by atoms with Crippen LogP contribution < -0.4 is 5.32 Å². The number of aryl methyl sites for hydroxylation is 2. The highest BCUT2D eigenvalue weighted by molar-refractivity contribution is 5.22. The molecule has 112 valence electrons. The Hall–Kier alpha value is -1.64. The van der Waals surface area contributed by atoms with Crippen LogP contribution in [0.1, 0.15) is 36.1 Å². The molecule has 2 heteroatoms. The van der Waals surface area contributed by atoms with Crippen LogP contribution in [0.3, 0.4) is 0 Å². The van der Waals surface area contributed by atoms with E-state index in [1.807, 2.05) is 18.2 Å². The fourth-order valence-electron chi connectivity index (χ4n) is 2.62. The summed E-state index contributed by atoms with van der Waals surface area (Å²) in [6.07, 6.45) is 2.12. The molecular weight excluding hydrogens is 258 g/mol. The Morgan fingerprint density at radius 3 is 2.48 bits per heavy atom. The SMILES string of the molecule is Cc1cccc(CCC(C)N[C@H](CO)c2ccccc2)c1. The maximum atomic E-state index is 9.59. The molecule has 0 aliphatic carbocycles. The predicted molar refractivity (Wildman–Crippen MR) is 88.4 cm³/mol. The van der Waals surface area contributed by atoms with Crippen LogP contribution in [0.15, 0.2) is 54.6 Å². The van der Waals surface area contributed by atoms with E-state index >= 15 is 0 Å². The van der Waals surface area contributed by atoms with Crippen LogP contribution in [0.25, 0.3) is 0 Å². The van der Waals surface area contributed by atoms with Gasteiger partial charge in [0.1, 0.15) is 0 Å². The summed E-state index contributed by atoms with van der Waals surface area (Å²) in [5.41, 5.74) is 3.83. The zero-order valence-electron chi connectivity index (χ0n) is 12.9. The molecular formula is C19H25NO. The first-order chi connectivity index (χ1) is 10.2. The maximum absolute atomic E-state index is 9.59. The lowest BCUT2D eigenvalue weighted by molar-refractivity contribution is 0.233. The summed E-state index contributed by atoms with van der Waals surface area (Å²) in [5.74, 6) is 0. The van der Waals surface area contributed by atoms with E-state index in [1.54, 1.807) is 0 Å². The molecule has 0 bridgehead atoms. The number of benzene rings is 2. The molecule has 0 spiro atoms. The van der Waals surface area contributed by atoms with E-state index in [9.17, 15) is 5.11 Å². The van der Waals surface area contributed by atoms with Gasteiger partial charge in [0.25, 0.3) is 0 Å². The van der Waals surface area contributed by atoms with E-state index in [4.69, 9.17) is 0 Å². The molecule has 2 aromatic rings. The highest BCUT2D eigenvalue weighted by Gasteiger charge is 2.13. The molecule has 0 saturated carbocycles. The molecule has 0 aromatic heterocycles. The number of rotatable bonds is 7. The first kappa shape index (κ1) is 15.7. The molecule has 2 nitrogen and oxygen atoms in total. The zero-order chi connectivity index (χ0) is 15.1. The Labute approximate surface area is 127 Å². The molecule has 0 aliphatic rings. The molecule has 0 amide bonds. The van der Waals surface area contributed by atoms with Crippen LogP contribution in [-0.2, 0) is 6.42 Å². The summed E-state index contributed by atoms with van der Waals surface area (Å²) < 4.78 is 0. The van der Waals surface area contributed by atoms with Crippen molar-refractivity contribution in [2.45, 2.75) is 38.8 Å². The van der Waals surface area contributed by atoms with Crippen LogP contribution >= 0.6 is 0 Å². The Bertz CT molecular complexity index is 538. The standard InChI is InChI=1S/C19H25NO/c1-15-7-6-8-17(13-15)12-11-16(2)20-19(14-21)18-9-4-3-5-10-18/h3-10,13,16,19-21H,11-12,14H2,1-2H3/t16?,19-/m1/s1. The van der Waals surface area contributed by atoms with E-state index < -0.39 is 0 Å². The quantitative estimate of drug-likeness (QED) is 0.813.